The molecule has 0 aromatic heterocycles. The van der Waals surface area contributed by atoms with E-state index in [1.165, 1.54) is 0 Å². The Morgan fingerprint density at radius 1 is 1.31 bits per heavy atom. The summed E-state index contributed by atoms with van der Waals surface area (Å²) < 4.78 is 5.10. The summed E-state index contributed by atoms with van der Waals surface area (Å²) in [4.78, 5) is 22.9. The van der Waals surface area contributed by atoms with Crippen LogP contribution >= 0.6 is 0 Å². The Morgan fingerprint density at radius 3 is 2.81 bits per heavy atom. The quantitative estimate of drug-likeness (QED) is 0.501. The fourth-order valence-electron chi connectivity index (χ4n) is 1.47. The highest BCUT2D eigenvalue weighted by Crippen LogP contribution is 2.07. The minimum Gasteiger partial charge on any atom is -0.463 e. The molecule has 0 aromatic rings. The van der Waals surface area contributed by atoms with Crippen molar-refractivity contribution in [1.82, 2.24) is 5.32 Å². The summed E-state index contributed by atoms with van der Waals surface area (Å²) in [6, 6.07) is -0.118. The van der Waals surface area contributed by atoms with Crippen molar-refractivity contribution >= 4 is 11.9 Å². The molecule has 16 heavy (non-hydrogen) atoms. The summed E-state index contributed by atoms with van der Waals surface area (Å²) in [7, 11) is 0. The lowest BCUT2D eigenvalue weighted by Crippen LogP contribution is -2.37. The van der Waals surface area contributed by atoms with Crippen LogP contribution in [0, 0.1) is 5.92 Å². The van der Waals surface area contributed by atoms with Crippen molar-refractivity contribution < 1.29 is 14.3 Å². The average molecular weight is 225 g/mol. The molecule has 1 amide bonds. The lowest BCUT2D eigenvalue weighted by molar-refractivity contribution is -0.149. The Bertz CT molecular complexity index is 286. The molecule has 1 rings (SSSR count). The first-order valence-corrected chi connectivity index (χ1v) is 5.70. The zero-order chi connectivity index (χ0) is 12.0. The molecule has 0 fully saturated rings. The zero-order valence-electron chi connectivity index (χ0n) is 9.86. The van der Waals surface area contributed by atoms with Gasteiger partial charge in [-0.05, 0) is 19.8 Å². The van der Waals surface area contributed by atoms with Crippen LogP contribution in [0.1, 0.15) is 33.1 Å². The van der Waals surface area contributed by atoms with Gasteiger partial charge in [0.2, 0.25) is 5.91 Å². The lowest BCUT2D eigenvalue weighted by Gasteiger charge is -2.16. The molecule has 0 saturated heterocycles. The SMILES string of the molecule is C[C@@H]1COC(=O)[C@H](C)C/C=C\CCC(=O)N1. The van der Waals surface area contributed by atoms with E-state index >= 15 is 0 Å². The molecule has 0 spiro atoms. The van der Waals surface area contributed by atoms with Crippen molar-refractivity contribution in [1.29, 1.82) is 0 Å². The number of hydrogen-bond donors (Lipinski definition) is 1. The van der Waals surface area contributed by atoms with Crippen molar-refractivity contribution in [2.45, 2.75) is 39.2 Å². The van der Waals surface area contributed by atoms with Crippen LogP contribution in [0.2, 0.25) is 0 Å². The van der Waals surface area contributed by atoms with Crippen LogP contribution in [0.3, 0.4) is 0 Å². The van der Waals surface area contributed by atoms with Gasteiger partial charge >= 0.3 is 5.97 Å². The molecule has 1 heterocycles. The van der Waals surface area contributed by atoms with Crippen molar-refractivity contribution in [2.75, 3.05) is 6.61 Å². The van der Waals surface area contributed by atoms with Crippen molar-refractivity contribution in [2.24, 2.45) is 5.92 Å². The standard InChI is InChI=1S/C12H19NO3/c1-9-6-4-3-5-7-11(14)13-10(2)8-16-12(9)15/h3-4,9-10H,5-8H2,1-2H3,(H,13,14)/b4-3-/t9-,10-/m1/s1. The first-order valence-electron chi connectivity index (χ1n) is 5.70. The molecule has 4 heteroatoms. The molecule has 1 aliphatic rings. The summed E-state index contributed by atoms with van der Waals surface area (Å²) >= 11 is 0. The van der Waals surface area contributed by atoms with E-state index in [2.05, 4.69) is 5.32 Å². The lowest BCUT2D eigenvalue weighted by atomic mass is 10.1. The first-order chi connectivity index (χ1) is 7.59. The third-order valence-corrected chi connectivity index (χ3v) is 2.48. The van der Waals surface area contributed by atoms with E-state index in [1.54, 1.807) is 0 Å². The van der Waals surface area contributed by atoms with Gasteiger partial charge < -0.3 is 10.1 Å². The number of rotatable bonds is 0. The number of ether oxygens (including phenoxy) is 1. The highest BCUT2D eigenvalue weighted by atomic mass is 16.5. The molecule has 0 unspecified atom stereocenters. The van der Waals surface area contributed by atoms with E-state index < -0.39 is 0 Å². The highest BCUT2D eigenvalue weighted by Gasteiger charge is 2.15. The van der Waals surface area contributed by atoms with Gasteiger partial charge in [-0.1, -0.05) is 19.1 Å². The van der Waals surface area contributed by atoms with Gasteiger partial charge in [-0.3, -0.25) is 9.59 Å². The second-order valence-electron chi connectivity index (χ2n) is 4.25. The zero-order valence-corrected chi connectivity index (χ0v) is 9.86. The van der Waals surface area contributed by atoms with Crippen LogP contribution in [-0.2, 0) is 14.3 Å². The van der Waals surface area contributed by atoms with Crippen molar-refractivity contribution in [3.63, 3.8) is 0 Å². The number of esters is 1. The summed E-state index contributed by atoms with van der Waals surface area (Å²) in [6.45, 7) is 3.93. The Morgan fingerprint density at radius 2 is 2.06 bits per heavy atom. The molecule has 0 saturated carbocycles. The molecule has 0 radical (unpaired) electrons. The average Bonchev–Trinajstić information content (AvgIpc) is 2.23. The predicted molar refractivity (Wildman–Crippen MR) is 60.7 cm³/mol. The maximum absolute atomic E-state index is 11.5. The third kappa shape index (κ3) is 4.47. The van der Waals surface area contributed by atoms with Gasteiger partial charge in [0.1, 0.15) is 6.61 Å². The van der Waals surface area contributed by atoms with Crippen LogP contribution in [0.25, 0.3) is 0 Å². The van der Waals surface area contributed by atoms with Crippen LogP contribution < -0.4 is 5.32 Å². The number of hydrogen-bond acceptors (Lipinski definition) is 3. The minimum absolute atomic E-state index is 0.00169. The predicted octanol–water partition coefficient (Wildman–Crippen LogP) is 1.41. The van der Waals surface area contributed by atoms with E-state index in [1.807, 2.05) is 26.0 Å². The number of allylic oxidation sites excluding steroid dienone is 2. The number of carbonyl (C=O) groups is 2. The van der Waals surface area contributed by atoms with E-state index in [9.17, 15) is 9.59 Å². The van der Waals surface area contributed by atoms with Crippen LogP contribution in [0.5, 0.6) is 0 Å². The van der Waals surface area contributed by atoms with Gasteiger partial charge in [0.05, 0.1) is 12.0 Å². The Kier molecular flexibility index (Phi) is 5.02. The Balaban J connectivity index is 2.58. The topological polar surface area (TPSA) is 55.4 Å². The van der Waals surface area contributed by atoms with E-state index in [-0.39, 0.29) is 30.4 Å². The summed E-state index contributed by atoms with van der Waals surface area (Å²) in [5, 5.41) is 2.78. The molecule has 0 aliphatic carbocycles. The van der Waals surface area contributed by atoms with Crippen LogP contribution in [-0.4, -0.2) is 24.5 Å². The van der Waals surface area contributed by atoms with Gasteiger partial charge in [-0.2, -0.15) is 0 Å². The molecular formula is C12H19NO3. The van der Waals surface area contributed by atoms with E-state index in [0.717, 1.165) is 6.42 Å². The largest absolute Gasteiger partial charge is 0.463 e. The van der Waals surface area contributed by atoms with Crippen molar-refractivity contribution in [3.8, 4) is 0 Å². The Hall–Kier alpha value is -1.32. The van der Waals surface area contributed by atoms with Gasteiger partial charge in [-0.25, -0.2) is 0 Å². The van der Waals surface area contributed by atoms with Crippen molar-refractivity contribution in [3.05, 3.63) is 12.2 Å². The summed E-state index contributed by atoms with van der Waals surface area (Å²) in [6.07, 6.45) is 5.76. The fourth-order valence-corrected chi connectivity index (χ4v) is 1.47. The maximum Gasteiger partial charge on any atom is 0.309 e. The first kappa shape index (κ1) is 12.7. The molecule has 1 N–H and O–H groups in total. The van der Waals surface area contributed by atoms with Gasteiger partial charge in [0, 0.05) is 6.42 Å². The molecule has 0 bridgehead atoms. The molecular weight excluding hydrogens is 206 g/mol. The minimum atomic E-state index is -0.202. The number of nitrogens with one attached hydrogen (secondary N) is 1. The second-order valence-corrected chi connectivity index (χ2v) is 4.25. The second kappa shape index (κ2) is 6.30. The summed E-state index contributed by atoms with van der Waals surface area (Å²) in [5.74, 6) is -0.313. The molecule has 90 valence electrons. The van der Waals surface area contributed by atoms with Gasteiger partial charge in [0.15, 0.2) is 0 Å². The molecule has 4 nitrogen and oxygen atoms in total. The van der Waals surface area contributed by atoms with Crippen LogP contribution in [0.15, 0.2) is 12.2 Å². The smallest absolute Gasteiger partial charge is 0.309 e. The van der Waals surface area contributed by atoms with Crippen LogP contribution in [0.4, 0.5) is 0 Å². The summed E-state index contributed by atoms with van der Waals surface area (Å²) in [5.41, 5.74) is 0. The van der Waals surface area contributed by atoms with Gasteiger partial charge in [-0.15, -0.1) is 0 Å². The van der Waals surface area contributed by atoms with E-state index in [4.69, 9.17) is 4.74 Å². The number of amides is 1. The number of carbonyl (C=O) groups excluding carboxylic acids is 2. The number of cyclic esters (lactones) is 1. The van der Waals surface area contributed by atoms with E-state index in [0.29, 0.717) is 12.8 Å². The highest BCUT2D eigenvalue weighted by molar-refractivity contribution is 5.76. The monoisotopic (exact) mass is 225 g/mol. The normalized spacial score (nSPS) is 30.6. The molecule has 0 aromatic carbocycles. The molecule has 2 atom stereocenters. The fraction of sp³-hybridized carbons (Fsp3) is 0.667. The molecule has 1 aliphatic heterocycles. The third-order valence-electron chi connectivity index (χ3n) is 2.48. The van der Waals surface area contributed by atoms with Gasteiger partial charge in [0.25, 0.3) is 0 Å². The Labute approximate surface area is 96.0 Å². The maximum atomic E-state index is 11.5.